The Bertz CT molecular complexity index is 861. The van der Waals surface area contributed by atoms with E-state index >= 15 is 0 Å². The Morgan fingerprint density at radius 1 is 0.909 bits per heavy atom. The first-order chi connectivity index (χ1) is 10.6. The van der Waals surface area contributed by atoms with E-state index in [9.17, 15) is 0 Å². The van der Waals surface area contributed by atoms with Crippen LogP contribution < -0.4 is 17.2 Å². The van der Waals surface area contributed by atoms with Gasteiger partial charge in [-0.2, -0.15) is 4.99 Å². The number of nitrogens with two attached hydrogens (primary N) is 3. The van der Waals surface area contributed by atoms with Crippen molar-refractivity contribution in [3.8, 4) is 11.3 Å². The Labute approximate surface area is 127 Å². The quantitative estimate of drug-likeness (QED) is 0.496. The first kappa shape index (κ1) is 13.7. The van der Waals surface area contributed by atoms with Gasteiger partial charge in [-0.05, 0) is 24.3 Å². The fraction of sp³-hybridized carbons (Fsp3) is 0. The predicted octanol–water partition coefficient (Wildman–Crippen LogP) is 2.32. The summed E-state index contributed by atoms with van der Waals surface area (Å²) in [5.74, 6) is 0.678. The molecule has 6 heteroatoms. The summed E-state index contributed by atoms with van der Waals surface area (Å²) in [5.41, 5.74) is 18.6. The molecule has 0 aliphatic rings. The molecule has 3 aromatic rings. The molecule has 3 rings (SSSR count). The maximum absolute atomic E-state index is 5.83. The number of guanidine groups is 2. The topological polar surface area (TPSA) is 116 Å². The van der Waals surface area contributed by atoms with Gasteiger partial charge >= 0.3 is 0 Å². The number of rotatable bonds is 2. The zero-order valence-corrected chi connectivity index (χ0v) is 11.7. The average Bonchev–Trinajstić information content (AvgIpc) is 2.90. The average molecular weight is 293 g/mol. The van der Waals surface area contributed by atoms with Gasteiger partial charge in [0.25, 0.3) is 0 Å². The lowest BCUT2D eigenvalue weighted by Gasteiger charge is -1.96. The second kappa shape index (κ2) is 5.61. The molecule has 1 aromatic heterocycles. The molecule has 1 heterocycles. The van der Waals surface area contributed by atoms with Crippen molar-refractivity contribution in [2.45, 2.75) is 0 Å². The third kappa shape index (κ3) is 2.90. The molecular formula is C16H15N5O. The minimum Gasteiger partial charge on any atom is -0.456 e. The molecule has 0 bridgehead atoms. The number of furan rings is 1. The zero-order valence-electron chi connectivity index (χ0n) is 11.7. The fourth-order valence-electron chi connectivity index (χ4n) is 2.13. The van der Waals surface area contributed by atoms with Crippen LogP contribution in [-0.2, 0) is 0 Å². The van der Waals surface area contributed by atoms with Gasteiger partial charge in [0, 0.05) is 10.9 Å². The van der Waals surface area contributed by atoms with Gasteiger partial charge < -0.3 is 21.6 Å². The summed E-state index contributed by atoms with van der Waals surface area (Å²) < 4.78 is 5.83. The lowest BCUT2D eigenvalue weighted by molar-refractivity contribution is 0.631. The highest BCUT2D eigenvalue weighted by atomic mass is 16.3. The molecule has 6 N–H and O–H groups in total. The Kier molecular flexibility index (Phi) is 3.49. The van der Waals surface area contributed by atoms with Gasteiger partial charge in [-0.15, -0.1) is 0 Å². The van der Waals surface area contributed by atoms with E-state index in [4.69, 9.17) is 21.6 Å². The van der Waals surface area contributed by atoms with Crippen molar-refractivity contribution in [1.29, 1.82) is 0 Å². The monoisotopic (exact) mass is 293 g/mol. The Morgan fingerprint density at radius 2 is 1.68 bits per heavy atom. The summed E-state index contributed by atoms with van der Waals surface area (Å²) >= 11 is 0. The van der Waals surface area contributed by atoms with Crippen LogP contribution in [0.4, 0.5) is 5.69 Å². The third-order valence-electron chi connectivity index (χ3n) is 3.05. The van der Waals surface area contributed by atoms with Crippen LogP contribution in [0.15, 0.2) is 69.0 Å². The minimum atomic E-state index is -0.128. The van der Waals surface area contributed by atoms with E-state index in [2.05, 4.69) is 9.98 Å². The van der Waals surface area contributed by atoms with Crippen LogP contribution in [0, 0.1) is 0 Å². The van der Waals surface area contributed by atoms with Gasteiger partial charge in [0.2, 0.25) is 5.96 Å². The highest BCUT2D eigenvalue weighted by Gasteiger charge is 2.06. The summed E-state index contributed by atoms with van der Waals surface area (Å²) in [6.07, 6.45) is 0. The lowest BCUT2D eigenvalue weighted by Crippen LogP contribution is -2.26. The van der Waals surface area contributed by atoms with Crippen molar-refractivity contribution in [2.24, 2.45) is 27.2 Å². The number of benzene rings is 2. The predicted molar refractivity (Wildman–Crippen MR) is 88.7 cm³/mol. The highest BCUT2D eigenvalue weighted by Crippen LogP contribution is 2.30. The van der Waals surface area contributed by atoms with Gasteiger partial charge in [0.1, 0.15) is 11.3 Å². The Hall–Kier alpha value is -3.28. The van der Waals surface area contributed by atoms with Crippen molar-refractivity contribution in [2.75, 3.05) is 0 Å². The molecule has 0 aliphatic carbocycles. The molecule has 0 aliphatic heterocycles. The number of hydrogen-bond acceptors (Lipinski definition) is 2. The summed E-state index contributed by atoms with van der Waals surface area (Å²) in [7, 11) is 0. The van der Waals surface area contributed by atoms with Crippen LogP contribution in [-0.4, -0.2) is 11.9 Å². The Balaban J connectivity index is 1.99. The fourth-order valence-corrected chi connectivity index (χ4v) is 2.13. The molecule has 0 saturated heterocycles. The standard InChI is InChI=1S/C16H15N5O/c17-15(18)21-16(19)20-12-6-7-13-11(8-12)9-14(22-13)10-4-2-1-3-5-10/h1-9H,(H6,17,18,19,20,21). The minimum absolute atomic E-state index is 0.00567. The van der Waals surface area contributed by atoms with E-state index in [0.717, 1.165) is 22.3 Å². The van der Waals surface area contributed by atoms with Gasteiger partial charge in [-0.25, -0.2) is 4.99 Å². The normalized spacial score (nSPS) is 11.5. The van der Waals surface area contributed by atoms with E-state index in [1.807, 2.05) is 48.5 Å². The SMILES string of the molecule is NC(N)=NC(N)=Nc1ccc2oc(-c3ccccc3)cc2c1. The van der Waals surface area contributed by atoms with Crippen molar-refractivity contribution in [3.05, 3.63) is 54.6 Å². The van der Waals surface area contributed by atoms with Crippen molar-refractivity contribution < 1.29 is 4.42 Å². The molecule has 0 saturated carbocycles. The molecule has 0 spiro atoms. The zero-order chi connectivity index (χ0) is 15.5. The van der Waals surface area contributed by atoms with Crippen LogP contribution in [0.2, 0.25) is 0 Å². The molecule has 6 nitrogen and oxygen atoms in total. The first-order valence-corrected chi connectivity index (χ1v) is 6.64. The second-order valence-electron chi connectivity index (χ2n) is 4.71. The Morgan fingerprint density at radius 3 is 2.41 bits per heavy atom. The van der Waals surface area contributed by atoms with Crippen molar-refractivity contribution in [3.63, 3.8) is 0 Å². The van der Waals surface area contributed by atoms with Crippen molar-refractivity contribution >= 4 is 28.6 Å². The maximum atomic E-state index is 5.83. The smallest absolute Gasteiger partial charge is 0.223 e. The first-order valence-electron chi connectivity index (χ1n) is 6.64. The summed E-state index contributed by atoms with van der Waals surface area (Å²) in [4.78, 5) is 7.82. The molecule has 0 atom stereocenters. The maximum Gasteiger partial charge on any atom is 0.223 e. The van der Waals surface area contributed by atoms with Gasteiger partial charge in [-0.1, -0.05) is 30.3 Å². The summed E-state index contributed by atoms with van der Waals surface area (Å²) in [5, 5.41) is 0.928. The van der Waals surface area contributed by atoms with Crippen LogP contribution in [0.3, 0.4) is 0 Å². The molecule has 22 heavy (non-hydrogen) atoms. The van der Waals surface area contributed by atoms with Gasteiger partial charge in [0.05, 0.1) is 5.69 Å². The van der Waals surface area contributed by atoms with Crippen molar-refractivity contribution in [1.82, 2.24) is 0 Å². The third-order valence-corrected chi connectivity index (χ3v) is 3.05. The number of fused-ring (bicyclic) bond motifs is 1. The number of aliphatic imine (C=N–C) groups is 2. The van der Waals surface area contributed by atoms with E-state index in [1.54, 1.807) is 6.07 Å². The van der Waals surface area contributed by atoms with Gasteiger partial charge in [0.15, 0.2) is 5.96 Å². The van der Waals surface area contributed by atoms with Gasteiger partial charge in [-0.3, -0.25) is 0 Å². The van der Waals surface area contributed by atoms with Crippen LogP contribution in [0.1, 0.15) is 0 Å². The number of hydrogen-bond donors (Lipinski definition) is 3. The molecule has 0 amide bonds. The van der Waals surface area contributed by atoms with E-state index < -0.39 is 0 Å². The molecule has 0 radical (unpaired) electrons. The highest BCUT2D eigenvalue weighted by molar-refractivity contribution is 5.94. The molecule has 110 valence electrons. The molecular weight excluding hydrogens is 278 g/mol. The van der Waals surface area contributed by atoms with Crippen LogP contribution >= 0.6 is 0 Å². The van der Waals surface area contributed by atoms with E-state index in [-0.39, 0.29) is 11.9 Å². The van der Waals surface area contributed by atoms with E-state index in [1.165, 1.54) is 0 Å². The van der Waals surface area contributed by atoms with E-state index in [0.29, 0.717) is 5.69 Å². The van der Waals surface area contributed by atoms with Crippen LogP contribution in [0.5, 0.6) is 0 Å². The number of nitrogens with zero attached hydrogens (tertiary/aromatic N) is 2. The molecule has 2 aromatic carbocycles. The largest absolute Gasteiger partial charge is 0.456 e. The summed E-state index contributed by atoms with van der Waals surface area (Å²) in [6.45, 7) is 0. The molecule has 0 unspecified atom stereocenters. The lowest BCUT2D eigenvalue weighted by atomic mass is 10.1. The molecule has 0 fully saturated rings. The van der Waals surface area contributed by atoms with Crippen LogP contribution in [0.25, 0.3) is 22.3 Å². The summed E-state index contributed by atoms with van der Waals surface area (Å²) in [6, 6.07) is 17.3. The second-order valence-corrected chi connectivity index (χ2v) is 4.71.